The fourth-order valence-electron chi connectivity index (χ4n) is 4.77. The maximum absolute atomic E-state index is 13.3. The molecule has 0 radical (unpaired) electrons. The summed E-state index contributed by atoms with van der Waals surface area (Å²) in [5.41, 5.74) is 2.03. The van der Waals surface area contributed by atoms with Crippen molar-refractivity contribution in [2.75, 3.05) is 19.8 Å². The summed E-state index contributed by atoms with van der Waals surface area (Å²) in [6.07, 6.45) is 5.05. The largest absolute Gasteiger partial charge is 0.486 e. The quantitative estimate of drug-likeness (QED) is 0.287. The third kappa shape index (κ3) is 6.06. The summed E-state index contributed by atoms with van der Waals surface area (Å²) < 4.78 is 18.0. The molecule has 4 heterocycles. The zero-order valence-corrected chi connectivity index (χ0v) is 22.0. The van der Waals surface area contributed by atoms with Gasteiger partial charge in [0.15, 0.2) is 17.3 Å². The smallest absolute Gasteiger partial charge is 0.327 e. The molecule has 39 heavy (non-hydrogen) atoms. The zero-order valence-electron chi connectivity index (χ0n) is 22.0. The van der Waals surface area contributed by atoms with Crippen molar-refractivity contribution in [1.82, 2.24) is 35.1 Å². The number of H-pyrrole nitrogens is 1. The van der Waals surface area contributed by atoms with Gasteiger partial charge in [0.25, 0.3) is 5.56 Å². The number of hydrogen-bond donors (Lipinski definition) is 1. The zero-order chi connectivity index (χ0) is 27.2. The van der Waals surface area contributed by atoms with E-state index < -0.39 is 5.97 Å². The monoisotopic (exact) mass is 533 g/mol. The molecular formula is C27H31N7O5. The van der Waals surface area contributed by atoms with Gasteiger partial charge in [-0.05, 0) is 47.5 Å². The van der Waals surface area contributed by atoms with Crippen molar-refractivity contribution in [3.05, 3.63) is 70.0 Å². The molecule has 1 N–H and O–H groups in total. The number of aromatic amines is 1. The van der Waals surface area contributed by atoms with Gasteiger partial charge in [-0.1, -0.05) is 19.4 Å². The van der Waals surface area contributed by atoms with Gasteiger partial charge in [-0.25, -0.2) is 4.68 Å². The summed E-state index contributed by atoms with van der Waals surface area (Å²) in [7, 11) is 0. The van der Waals surface area contributed by atoms with Crippen LogP contribution in [0.4, 0.5) is 0 Å². The lowest BCUT2D eigenvalue weighted by molar-refractivity contribution is -0.144. The molecule has 204 valence electrons. The lowest BCUT2D eigenvalue weighted by Crippen LogP contribution is -2.33. The second-order valence-electron chi connectivity index (χ2n) is 9.28. The third-order valence-corrected chi connectivity index (χ3v) is 6.51. The summed E-state index contributed by atoms with van der Waals surface area (Å²) in [6.45, 7) is 5.75. The molecule has 0 fully saturated rings. The average Bonchev–Trinajstić information content (AvgIpc) is 3.39. The fourth-order valence-corrected chi connectivity index (χ4v) is 4.77. The molecule has 1 aliphatic heterocycles. The van der Waals surface area contributed by atoms with E-state index in [1.165, 1.54) is 4.68 Å². The number of hydrogen-bond acceptors (Lipinski definition) is 10. The Hall–Kier alpha value is -4.32. The first-order valence-electron chi connectivity index (χ1n) is 13.1. The highest BCUT2D eigenvalue weighted by molar-refractivity contribution is 5.83. The first kappa shape index (κ1) is 26.3. The minimum Gasteiger partial charge on any atom is -0.486 e. The van der Waals surface area contributed by atoms with Gasteiger partial charge in [0, 0.05) is 42.5 Å². The third-order valence-electron chi connectivity index (χ3n) is 6.51. The van der Waals surface area contributed by atoms with E-state index in [2.05, 4.69) is 37.3 Å². The van der Waals surface area contributed by atoms with Crippen LogP contribution in [-0.2, 0) is 29.2 Å². The van der Waals surface area contributed by atoms with E-state index in [-0.39, 0.29) is 24.8 Å². The normalized spacial score (nSPS) is 13.5. The molecule has 12 heteroatoms. The van der Waals surface area contributed by atoms with Crippen molar-refractivity contribution in [2.24, 2.45) is 0 Å². The molecule has 4 aromatic rings. The van der Waals surface area contributed by atoms with E-state index >= 15 is 0 Å². The van der Waals surface area contributed by atoms with E-state index in [1.54, 1.807) is 25.4 Å². The predicted molar refractivity (Wildman–Crippen MR) is 141 cm³/mol. The van der Waals surface area contributed by atoms with E-state index in [1.807, 2.05) is 24.3 Å². The van der Waals surface area contributed by atoms with Crippen molar-refractivity contribution in [3.8, 4) is 11.5 Å². The number of esters is 1. The minimum atomic E-state index is -0.416. The lowest BCUT2D eigenvalue weighted by Gasteiger charge is -2.30. The summed E-state index contributed by atoms with van der Waals surface area (Å²) in [4.78, 5) is 34.9. The SMILES string of the molecule is CCC[C@@H](c1nnnn1CC(=O)OCC)N(Cc1cccnc1)Cc1cc2cc3c(cc2[nH]c1=O)OCCO3. The molecule has 1 aromatic carbocycles. The molecule has 0 amide bonds. The molecule has 3 aromatic heterocycles. The number of rotatable bonds is 11. The standard InChI is InChI=1S/C27H31N7O5/c1-3-6-22(26-30-31-32-34(26)17-25(35)37-4-2)33(15-18-7-5-8-28-14-18)16-20-11-19-12-23-24(39-10-9-38-23)13-21(19)29-27(20)36/h5,7-8,11-14,22H,3-4,6,9-10,15-17H2,1-2H3,(H,29,36)/t22-/m0/s1. The number of ether oxygens (including phenoxy) is 3. The Balaban J connectivity index is 1.52. The summed E-state index contributed by atoms with van der Waals surface area (Å²) in [6, 6.07) is 9.15. The molecule has 0 unspecified atom stereocenters. The number of carbonyl (C=O) groups excluding carboxylic acids is 1. The van der Waals surface area contributed by atoms with Gasteiger partial charge >= 0.3 is 5.97 Å². The van der Waals surface area contributed by atoms with Gasteiger partial charge in [0.05, 0.1) is 18.2 Å². The van der Waals surface area contributed by atoms with Crippen LogP contribution in [0.1, 0.15) is 49.7 Å². The van der Waals surface area contributed by atoms with Crippen LogP contribution in [0.15, 0.2) is 47.5 Å². The maximum atomic E-state index is 13.3. The molecular weight excluding hydrogens is 502 g/mol. The van der Waals surface area contributed by atoms with Gasteiger partial charge in [-0.15, -0.1) is 5.10 Å². The van der Waals surface area contributed by atoms with E-state index in [0.29, 0.717) is 61.1 Å². The second kappa shape index (κ2) is 12.0. The fraction of sp³-hybridized carbons (Fsp3) is 0.407. The molecule has 5 rings (SSSR count). The highest BCUT2D eigenvalue weighted by Crippen LogP contribution is 2.34. The van der Waals surface area contributed by atoms with Crippen molar-refractivity contribution in [3.63, 3.8) is 0 Å². The number of nitrogens with zero attached hydrogens (tertiary/aromatic N) is 6. The number of nitrogens with one attached hydrogen (secondary N) is 1. The van der Waals surface area contributed by atoms with Crippen LogP contribution in [-0.4, -0.2) is 60.9 Å². The molecule has 0 saturated carbocycles. The Morgan fingerprint density at radius 1 is 1.18 bits per heavy atom. The van der Waals surface area contributed by atoms with Crippen molar-refractivity contribution >= 4 is 16.9 Å². The van der Waals surface area contributed by atoms with Gasteiger partial charge in [-0.3, -0.25) is 19.5 Å². The maximum Gasteiger partial charge on any atom is 0.327 e. The van der Waals surface area contributed by atoms with Crippen LogP contribution < -0.4 is 15.0 Å². The van der Waals surface area contributed by atoms with Crippen LogP contribution >= 0.6 is 0 Å². The van der Waals surface area contributed by atoms with Crippen LogP contribution in [0.25, 0.3) is 10.9 Å². The molecule has 0 bridgehead atoms. The van der Waals surface area contributed by atoms with Crippen molar-refractivity contribution < 1.29 is 19.0 Å². The Labute approximate surface area is 224 Å². The Kier molecular flexibility index (Phi) is 8.11. The van der Waals surface area contributed by atoms with E-state index in [0.717, 1.165) is 17.4 Å². The highest BCUT2D eigenvalue weighted by Gasteiger charge is 2.28. The van der Waals surface area contributed by atoms with Crippen molar-refractivity contribution in [2.45, 2.75) is 52.4 Å². The van der Waals surface area contributed by atoms with Gasteiger partial charge < -0.3 is 19.2 Å². The summed E-state index contributed by atoms with van der Waals surface area (Å²) in [5.74, 6) is 1.39. The number of carbonyl (C=O) groups is 1. The Bertz CT molecular complexity index is 1490. The number of benzene rings is 1. The Morgan fingerprint density at radius 2 is 2.00 bits per heavy atom. The van der Waals surface area contributed by atoms with E-state index in [9.17, 15) is 9.59 Å². The highest BCUT2D eigenvalue weighted by atomic mass is 16.6. The average molecular weight is 534 g/mol. The molecule has 1 atom stereocenters. The molecule has 1 aliphatic rings. The number of aromatic nitrogens is 6. The lowest BCUT2D eigenvalue weighted by atomic mass is 10.1. The van der Waals surface area contributed by atoms with Crippen LogP contribution in [0.5, 0.6) is 11.5 Å². The topological polar surface area (TPSA) is 137 Å². The molecule has 0 saturated heterocycles. The van der Waals surface area contributed by atoms with Crippen LogP contribution in [0, 0.1) is 0 Å². The molecule has 0 spiro atoms. The minimum absolute atomic E-state index is 0.0964. The van der Waals surface area contributed by atoms with Crippen LogP contribution in [0.2, 0.25) is 0 Å². The van der Waals surface area contributed by atoms with Gasteiger partial charge in [0.1, 0.15) is 19.8 Å². The first-order chi connectivity index (χ1) is 19.1. The van der Waals surface area contributed by atoms with Crippen LogP contribution in [0.3, 0.4) is 0 Å². The number of tetrazole rings is 1. The molecule has 0 aliphatic carbocycles. The number of fused-ring (bicyclic) bond motifs is 2. The first-order valence-corrected chi connectivity index (χ1v) is 13.1. The summed E-state index contributed by atoms with van der Waals surface area (Å²) in [5, 5.41) is 13.1. The predicted octanol–water partition coefficient (Wildman–Crippen LogP) is 2.79. The number of pyridine rings is 2. The molecule has 12 nitrogen and oxygen atoms in total. The van der Waals surface area contributed by atoms with Crippen molar-refractivity contribution in [1.29, 1.82) is 0 Å². The van der Waals surface area contributed by atoms with E-state index in [4.69, 9.17) is 14.2 Å². The summed E-state index contributed by atoms with van der Waals surface area (Å²) >= 11 is 0. The van der Waals surface area contributed by atoms with Gasteiger partial charge in [-0.2, -0.15) is 0 Å². The second-order valence-corrected chi connectivity index (χ2v) is 9.28. The Morgan fingerprint density at radius 3 is 2.74 bits per heavy atom. The van der Waals surface area contributed by atoms with Gasteiger partial charge in [0.2, 0.25) is 0 Å².